The molecule has 1 fully saturated rings. The first-order valence-corrected chi connectivity index (χ1v) is 6.77. The van der Waals surface area contributed by atoms with Gasteiger partial charge < -0.3 is 15.2 Å². The molecule has 0 amide bonds. The highest BCUT2D eigenvalue weighted by atomic mass is 19.3. The summed E-state index contributed by atoms with van der Waals surface area (Å²) in [5.74, 6) is 0.865. The van der Waals surface area contributed by atoms with E-state index in [2.05, 4.69) is 14.5 Å². The fourth-order valence-electron chi connectivity index (χ4n) is 2.65. The van der Waals surface area contributed by atoms with Crippen LogP contribution >= 0.6 is 0 Å². The molecule has 0 spiro atoms. The second-order valence-electron chi connectivity index (χ2n) is 5.17. The first-order valence-electron chi connectivity index (χ1n) is 6.77. The quantitative estimate of drug-likeness (QED) is 0.666. The highest BCUT2D eigenvalue weighted by molar-refractivity contribution is 5.85. The van der Waals surface area contributed by atoms with E-state index in [0.717, 1.165) is 25.7 Å². The molecule has 1 heterocycles. The predicted molar refractivity (Wildman–Crippen MR) is 70.5 cm³/mol. The zero-order valence-electron chi connectivity index (χ0n) is 10.9. The van der Waals surface area contributed by atoms with E-state index in [0.29, 0.717) is 11.5 Å². The highest BCUT2D eigenvalue weighted by Crippen LogP contribution is 2.42. The van der Waals surface area contributed by atoms with E-state index < -0.39 is 6.29 Å². The van der Waals surface area contributed by atoms with Crippen LogP contribution in [0.25, 0.3) is 0 Å². The van der Waals surface area contributed by atoms with E-state index in [-0.39, 0.29) is 17.4 Å². The van der Waals surface area contributed by atoms with Gasteiger partial charge in [-0.3, -0.25) is 0 Å². The number of hydrogen-bond donors (Lipinski definition) is 1. The Kier molecular flexibility index (Phi) is 3.23. The molecular weight excluding hydrogens is 266 g/mol. The first-order chi connectivity index (χ1) is 9.53. The third-order valence-electron chi connectivity index (χ3n) is 3.67. The molecule has 1 aromatic carbocycles. The number of nitrogens with two attached hydrogens (primary N) is 1. The summed E-state index contributed by atoms with van der Waals surface area (Å²) in [7, 11) is 0. The highest BCUT2D eigenvalue weighted by Gasteiger charge is 2.43. The Morgan fingerprint density at radius 1 is 1.15 bits per heavy atom. The van der Waals surface area contributed by atoms with Crippen molar-refractivity contribution >= 4 is 11.5 Å². The van der Waals surface area contributed by atoms with Crippen LogP contribution in [0.15, 0.2) is 23.2 Å². The Balaban J connectivity index is 1.78. The van der Waals surface area contributed by atoms with Gasteiger partial charge in [0, 0.05) is 12.0 Å². The summed E-state index contributed by atoms with van der Waals surface area (Å²) in [5, 5.41) is 0. The van der Waals surface area contributed by atoms with Crippen molar-refractivity contribution in [1.82, 2.24) is 0 Å². The smallest absolute Gasteiger partial charge is 0.395 e. The molecule has 6 heteroatoms. The molecule has 1 aliphatic heterocycles. The van der Waals surface area contributed by atoms with Gasteiger partial charge in [-0.2, -0.15) is 0 Å². The van der Waals surface area contributed by atoms with E-state index >= 15 is 0 Å². The van der Waals surface area contributed by atoms with Crippen LogP contribution in [0.1, 0.15) is 32.1 Å². The lowest BCUT2D eigenvalue weighted by Crippen LogP contribution is -2.26. The SMILES string of the molecule is NC(=Nc1ccc2c(c1)OC(F)(F)O2)C1CCCCC1. The molecule has 2 aliphatic rings. The fraction of sp³-hybridized carbons (Fsp3) is 0.500. The maximum absolute atomic E-state index is 12.9. The van der Waals surface area contributed by atoms with Crippen molar-refractivity contribution in [1.29, 1.82) is 0 Å². The van der Waals surface area contributed by atoms with E-state index in [1.54, 1.807) is 6.07 Å². The van der Waals surface area contributed by atoms with Crippen LogP contribution in [-0.2, 0) is 0 Å². The average Bonchev–Trinajstić information content (AvgIpc) is 2.73. The van der Waals surface area contributed by atoms with Gasteiger partial charge in [0.15, 0.2) is 11.5 Å². The van der Waals surface area contributed by atoms with Gasteiger partial charge in [0.2, 0.25) is 0 Å². The summed E-state index contributed by atoms with van der Waals surface area (Å²) in [5.41, 5.74) is 6.52. The number of amidine groups is 1. The summed E-state index contributed by atoms with van der Waals surface area (Å²) >= 11 is 0. The molecule has 0 radical (unpaired) electrons. The minimum absolute atomic E-state index is 0.00676. The normalized spacial score (nSPS) is 22.0. The molecule has 1 saturated carbocycles. The number of ether oxygens (including phenoxy) is 2. The summed E-state index contributed by atoms with van der Waals surface area (Å²) in [6.45, 7) is 0. The van der Waals surface area contributed by atoms with Gasteiger partial charge >= 0.3 is 6.29 Å². The van der Waals surface area contributed by atoms with Gasteiger partial charge in [0.05, 0.1) is 5.69 Å². The number of nitrogens with zero attached hydrogens (tertiary/aromatic N) is 1. The van der Waals surface area contributed by atoms with E-state index in [4.69, 9.17) is 5.73 Å². The molecule has 2 N–H and O–H groups in total. The van der Waals surface area contributed by atoms with Crippen molar-refractivity contribution in [2.45, 2.75) is 38.4 Å². The Morgan fingerprint density at radius 3 is 2.60 bits per heavy atom. The number of aliphatic imine (C=N–C) groups is 1. The predicted octanol–water partition coefficient (Wildman–Crippen LogP) is 3.58. The molecule has 108 valence electrons. The van der Waals surface area contributed by atoms with Crippen molar-refractivity contribution in [2.24, 2.45) is 16.6 Å². The van der Waals surface area contributed by atoms with Crippen molar-refractivity contribution < 1.29 is 18.3 Å². The van der Waals surface area contributed by atoms with E-state index in [1.165, 1.54) is 18.6 Å². The lowest BCUT2D eigenvalue weighted by atomic mass is 9.88. The van der Waals surface area contributed by atoms with Crippen LogP contribution in [0.3, 0.4) is 0 Å². The minimum Gasteiger partial charge on any atom is -0.395 e. The summed E-state index contributed by atoms with van der Waals surface area (Å²) in [6, 6.07) is 4.44. The summed E-state index contributed by atoms with van der Waals surface area (Å²) in [6.07, 6.45) is 2.04. The Morgan fingerprint density at radius 2 is 1.85 bits per heavy atom. The fourth-order valence-corrected chi connectivity index (χ4v) is 2.65. The number of hydrogen-bond acceptors (Lipinski definition) is 3. The van der Waals surface area contributed by atoms with Gasteiger partial charge in [-0.05, 0) is 25.0 Å². The first kappa shape index (κ1) is 13.1. The Hall–Kier alpha value is -1.85. The van der Waals surface area contributed by atoms with Crippen molar-refractivity contribution in [2.75, 3.05) is 0 Å². The third kappa shape index (κ3) is 2.69. The van der Waals surface area contributed by atoms with Crippen LogP contribution < -0.4 is 15.2 Å². The molecule has 0 saturated heterocycles. The second kappa shape index (κ2) is 4.92. The second-order valence-corrected chi connectivity index (χ2v) is 5.17. The molecule has 0 atom stereocenters. The number of benzene rings is 1. The number of alkyl halides is 2. The minimum atomic E-state index is -3.60. The molecule has 0 unspecified atom stereocenters. The van der Waals surface area contributed by atoms with Crippen LogP contribution in [0.5, 0.6) is 11.5 Å². The third-order valence-corrected chi connectivity index (χ3v) is 3.67. The number of fused-ring (bicyclic) bond motifs is 1. The zero-order valence-corrected chi connectivity index (χ0v) is 10.9. The molecule has 0 aromatic heterocycles. The number of halogens is 2. The van der Waals surface area contributed by atoms with E-state index in [1.807, 2.05) is 0 Å². The molecule has 1 aromatic rings. The van der Waals surface area contributed by atoms with Crippen LogP contribution in [0, 0.1) is 5.92 Å². The van der Waals surface area contributed by atoms with Gasteiger partial charge in [-0.15, -0.1) is 8.78 Å². The lowest BCUT2D eigenvalue weighted by Gasteiger charge is -2.20. The zero-order chi connectivity index (χ0) is 14.2. The van der Waals surface area contributed by atoms with Crippen LogP contribution in [0.2, 0.25) is 0 Å². The monoisotopic (exact) mass is 282 g/mol. The largest absolute Gasteiger partial charge is 0.586 e. The van der Waals surface area contributed by atoms with Crippen molar-refractivity contribution in [3.05, 3.63) is 18.2 Å². The van der Waals surface area contributed by atoms with Crippen molar-refractivity contribution in [3.8, 4) is 11.5 Å². The van der Waals surface area contributed by atoms with Gasteiger partial charge in [-0.1, -0.05) is 19.3 Å². The molecule has 3 rings (SSSR count). The molecular formula is C14H16F2N2O2. The standard InChI is InChI=1S/C14H16F2N2O2/c15-14(16)19-11-7-6-10(8-12(11)20-14)18-13(17)9-4-2-1-3-5-9/h6-9H,1-5H2,(H2,17,18). The maximum atomic E-state index is 12.9. The van der Waals surface area contributed by atoms with Gasteiger partial charge in [-0.25, -0.2) is 4.99 Å². The topological polar surface area (TPSA) is 56.8 Å². The van der Waals surface area contributed by atoms with Crippen molar-refractivity contribution in [3.63, 3.8) is 0 Å². The Labute approximate surface area is 115 Å². The number of rotatable bonds is 2. The van der Waals surface area contributed by atoms with Crippen LogP contribution in [0.4, 0.5) is 14.5 Å². The molecule has 20 heavy (non-hydrogen) atoms. The summed E-state index contributed by atoms with van der Waals surface area (Å²) in [4.78, 5) is 4.32. The van der Waals surface area contributed by atoms with E-state index in [9.17, 15) is 8.78 Å². The molecule has 0 bridgehead atoms. The Bertz CT molecular complexity index is 540. The lowest BCUT2D eigenvalue weighted by molar-refractivity contribution is -0.286. The van der Waals surface area contributed by atoms with Gasteiger partial charge in [0.25, 0.3) is 0 Å². The molecule has 1 aliphatic carbocycles. The van der Waals surface area contributed by atoms with Crippen LogP contribution in [-0.4, -0.2) is 12.1 Å². The molecule has 4 nitrogen and oxygen atoms in total. The summed E-state index contributed by atoms with van der Waals surface area (Å²) < 4.78 is 34.6. The maximum Gasteiger partial charge on any atom is 0.586 e. The van der Waals surface area contributed by atoms with Gasteiger partial charge in [0.1, 0.15) is 5.84 Å². The average molecular weight is 282 g/mol.